The van der Waals surface area contributed by atoms with Crippen LogP contribution in [0.1, 0.15) is 12.8 Å². The Hall–Kier alpha value is -1.59. The van der Waals surface area contributed by atoms with Gasteiger partial charge in [0, 0.05) is 24.2 Å². The van der Waals surface area contributed by atoms with E-state index in [0.29, 0.717) is 6.61 Å². The van der Waals surface area contributed by atoms with Gasteiger partial charge < -0.3 is 15.8 Å². The van der Waals surface area contributed by atoms with Gasteiger partial charge in [0.15, 0.2) is 0 Å². The summed E-state index contributed by atoms with van der Waals surface area (Å²) in [4.78, 5) is 0. The number of fused-ring (bicyclic) bond motifs is 1. The van der Waals surface area contributed by atoms with E-state index in [-0.39, 0.29) is 0 Å². The van der Waals surface area contributed by atoms with Crippen LogP contribution in [0.15, 0.2) is 24.4 Å². The van der Waals surface area contributed by atoms with Crippen LogP contribution in [0, 0.1) is 0 Å². The lowest BCUT2D eigenvalue weighted by atomic mass is 10.2. The van der Waals surface area contributed by atoms with Crippen LogP contribution in [-0.4, -0.2) is 36.5 Å². The number of rotatable bonds is 8. The number of unbranched alkanes of at least 4 members (excludes halogenated alkanes) is 1. The van der Waals surface area contributed by atoms with Crippen LogP contribution in [-0.2, 0) is 4.74 Å². The average Bonchev–Trinajstić information content (AvgIpc) is 2.86. The second-order valence-electron chi connectivity index (χ2n) is 4.17. The summed E-state index contributed by atoms with van der Waals surface area (Å²) in [5, 5.41) is 11.5. The van der Waals surface area contributed by atoms with Crippen molar-refractivity contribution in [3.05, 3.63) is 24.4 Å². The highest BCUT2D eigenvalue weighted by molar-refractivity contribution is 5.90. The Morgan fingerprint density at radius 3 is 3.11 bits per heavy atom. The Morgan fingerprint density at radius 1 is 1.28 bits per heavy atom. The molecular formula is C13H20N4O. The molecule has 0 aliphatic heterocycles. The highest BCUT2D eigenvalue weighted by Gasteiger charge is 2.00. The van der Waals surface area contributed by atoms with Crippen LogP contribution in [0.5, 0.6) is 0 Å². The maximum absolute atomic E-state index is 5.51. The van der Waals surface area contributed by atoms with Gasteiger partial charge in [0.2, 0.25) is 0 Å². The largest absolute Gasteiger partial charge is 0.382 e. The molecule has 2 rings (SSSR count). The quantitative estimate of drug-likeness (QED) is 0.622. The molecule has 0 saturated heterocycles. The van der Waals surface area contributed by atoms with Crippen molar-refractivity contribution in [1.82, 2.24) is 10.2 Å². The highest BCUT2D eigenvalue weighted by atomic mass is 16.5. The van der Waals surface area contributed by atoms with Gasteiger partial charge in [-0.3, -0.25) is 5.10 Å². The second kappa shape index (κ2) is 6.98. The zero-order chi connectivity index (χ0) is 12.6. The molecule has 2 aromatic rings. The van der Waals surface area contributed by atoms with E-state index in [9.17, 15) is 0 Å². The Morgan fingerprint density at radius 2 is 2.22 bits per heavy atom. The van der Waals surface area contributed by atoms with Gasteiger partial charge in [-0.2, -0.15) is 5.10 Å². The van der Waals surface area contributed by atoms with Crippen LogP contribution >= 0.6 is 0 Å². The van der Waals surface area contributed by atoms with Gasteiger partial charge in [-0.05, 0) is 31.5 Å². The number of benzene rings is 1. The minimum Gasteiger partial charge on any atom is -0.382 e. The Bertz CT molecular complexity index is 469. The zero-order valence-corrected chi connectivity index (χ0v) is 10.5. The minimum atomic E-state index is 0.707. The third kappa shape index (κ3) is 3.45. The monoisotopic (exact) mass is 248 g/mol. The average molecular weight is 248 g/mol. The molecule has 0 amide bonds. The smallest absolute Gasteiger partial charge is 0.0671 e. The summed E-state index contributed by atoms with van der Waals surface area (Å²) in [5.41, 5.74) is 7.55. The standard InChI is InChI=1S/C13H20N4O/c14-6-1-2-8-18-9-7-15-12-4-3-5-13-11(12)10-16-17-13/h3-5,10,15H,1-2,6-9,14H2,(H,16,17). The normalized spacial score (nSPS) is 10.9. The molecule has 0 spiro atoms. The number of ether oxygens (including phenoxy) is 1. The molecule has 0 aliphatic rings. The number of hydrogen-bond donors (Lipinski definition) is 3. The molecule has 0 saturated carbocycles. The Balaban J connectivity index is 1.72. The maximum atomic E-state index is 5.51. The van der Waals surface area contributed by atoms with Crippen LogP contribution in [0.4, 0.5) is 5.69 Å². The first-order chi connectivity index (χ1) is 8.92. The van der Waals surface area contributed by atoms with Crippen molar-refractivity contribution in [2.24, 2.45) is 5.73 Å². The molecule has 5 heteroatoms. The van der Waals surface area contributed by atoms with Crippen molar-refractivity contribution in [2.45, 2.75) is 12.8 Å². The summed E-state index contributed by atoms with van der Waals surface area (Å²) in [6.07, 6.45) is 3.90. The van der Waals surface area contributed by atoms with E-state index in [1.54, 1.807) is 0 Å². The summed E-state index contributed by atoms with van der Waals surface area (Å²) in [6, 6.07) is 6.06. The fourth-order valence-electron chi connectivity index (χ4n) is 1.83. The molecule has 5 nitrogen and oxygen atoms in total. The van der Waals surface area contributed by atoms with E-state index < -0.39 is 0 Å². The summed E-state index contributed by atoms with van der Waals surface area (Å²) in [6.45, 7) is 3.03. The molecule has 1 aromatic carbocycles. The number of H-pyrrole nitrogens is 1. The van der Waals surface area contributed by atoms with Crippen molar-refractivity contribution in [3.63, 3.8) is 0 Å². The lowest BCUT2D eigenvalue weighted by Gasteiger charge is -2.08. The van der Waals surface area contributed by atoms with Gasteiger partial charge in [-0.25, -0.2) is 0 Å². The molecule has 0 radical (unpaired) electrons. The predicted molar refractivity (Wildman–Crippen MR) is 73.7 cm³/mol. The zero-order valence-electron chi connectivity index (χ0n) is 10.5. The van der Waals surface area contributed by atoms with Crippen molar-refractivity contribution in [3.8, 4) is 0 Å². The van der Waals surface area contributed by atoms with E-state index >= 15 is 0 Å². The van der Waals surface area contributed by atoms with E-state index in [2.05, 4.69) is 15.5 Å². The van der Waals surface area contributed by atoms with Crippen LogP contribution in [0.3, 0.4) is 0 Å². The molecule has 0 bridgehead atoms. The molecule has 4 N–H and O–H groups in total. The molecular weight excluding hydrogens is 228 g/mol. The summed E-state index contributed by atoms with van der Waals surface area (Å²) >= 11 is 0. The van der Waals surface area contributed by atoms with Crippen molar-refractivity contribution < 1.29 is 4.74 Å². The van der Waals surface area contributed by atoms with Gasteiger partial charge in [-0.15, -0.1) is 0 Å². The molecule has 0 aliphatic carbocycles. The summed E-state index contributed by atoms with van der Waals surface area (Å²) in [5.74, 6) is 0. The Labute approximate surface area is 107 Å². The molecule has 0 unspecified atom stereocenters. The molecule has 0 fully saturated rings. The van der Waals surface area contributed by atoms with Crippen molar-refractivity contribution >= 4 is 16.6 Å². The van der Waals surface area contributed by atoms with E-state index in [1.165, 1.54) is 0 Å². The number of aromatic amines is 1. The third-order valence-electron chi connectivity index (χ3n) is 2.79. The summed E-state index contributed by atoms with van der Waals surface area (Å²) < 4.78 is 5.51. The van der Waals surface area contributed by atoms with Gasteiger partial charge in [0.25, 0.3) is 0 Å². The van der Waals surface area contributed by atoms with Gasteiger partial charge in [0.1, 0.15) is 0 Å². The molecule has 98 valence electrons. The topological polar surface area (TPSA) is 76.0 Å². The van der Waals surface area contributed by atoms with E-state index in [1.807, 2.05) is 24.4 Å². The first-order valence-corrected chi connectivity index (χ1v) is 6.35. The van der Waals surface area contributed by atoms with Crippen molar-refractivity contribution in [1.29, 1.82) is 0 Å². The summed E-state index contributed by atoms with van der Waals surface area (Å²) in [7, 11) is 0. The first kappa shape index (κ1) is 12.9. The fourth-order valence-corrected chi connectivity index (χ4v) is 1.83. The lowest BCUT2D eigenvalue weighted by molar-refractivity contribution is 0.140. The van der Waals surface area contributed by atoms with Gasteiger partial charge in [-0.1, -0.05) is 6.07 Å². The van der Waals surface area contributed by atoms with Gasteiger partial charge in [0.05, 0.1) is 18.3 Å². The molecule has 1 aromatic heterocycles. The fraction of sp³-hybridized carbons (Fsp3) is 0.462. The minimum absolute atomic E-state index is 0.707. The first-order valence-electron chi connectivity index (χ1n) is 6.35. The van der Waals surface area contributed by atoms with Crippen LogP contribution in [0.25, 0.3) is 10.9 Å². The maximum Gasteiger partial charge on any atom is 0.0671 e. The predicted octanol–water partition coefficient (Wildman–Crippen LogP) is 1.73. The number of aromatic nitrogens is 2. The second-order valence-corrected chi connectivity index (χ2v) is 4.17. The van der Waals surface area contributed by atoms with E-state index in [4.69, 9.17) is 10.5 Å². The van der Waals surface area contributed by atoms with Gasteiger partial charge >= 0.3 is 0 Å². The molecule has 18 heavy (non-hydrogen) atoms. The third-order valence-corrected chi connectivity index (χ3v) is 2.79. The van der Waals surface area contributed by atoms with Crippen molar-refractivity contribution in [2.75, 3.05) is 31.6 Å². The Kier molecular flexibility index (Phi) is 4.99. The van der Waals surface area contributed by atoms with Crippen LogP contribution < -0.4 is 11.1 Å². The number of hydrogen-bond acceptors (Lipinski definition) is 4. The van der Waals surface area contributed by atoms with Crippen LogP contribution in [0.2, 0.25) is 0 Å². The SMILES string of the molecule is NCCCCOCCNc1cccc2[nH]ncc12. The molecule has 0 atom stereocenters. The number of anilines is 1. The highest BCUT2D eigenvalue weighted by Crippen LogP contribution is 2.20. The number of nitrogens with two attached hydrogens (primary N) is 1. The number of nitrogens with zero attached hydrogens (tertiary/aromatic N) is 1. The van der Waals surface area contributed by atoms with E-state index in [0.717, 1.165) is 49.1 Å². The number of nitrogens with one attached hydrogen (secondary N) is 2. The molecule has 1 heterocycles. The lowest BCUT2D eigenvalue weighted by Crippen LogP contribution is -2.10.